The minimum Gasteiger partial charge on any atom is -0.465 e. The van der Waals surface area contributed by atoms with Crippen LogP contribution in [0.25, 0.3) is 0 Å². The molecule has 36 heavy (non-hydrogen) atoms. The maximum atomic E-state index is 13.1. The molecule has 0 bridgehead atoms. The van der Waals surface area contributed by atoms with Gasteiger partial charge in [0.25, 0.3) is 17.3 Å². The van der Waals surface area contributed by atoms with E-state index in [0.717, 1.165) is 36.9 Å². The summed E-state index contributed by atoms with van der Waals surface area (Å²) in [6, 6.07) is 3.60. The van der Waals surface area contributed by atoms with Crippen molar-refractivity contribution in [3.8, 4) is 11.5 Å². The number of amides is 2. The number of nitrogens with one attached hydrogen (secondary N) is 3. The SMILES string of the molecule is Cc1cc(C)c(CNC(=O)c2cc(Br)c3c(c2C)OC(C)(C2CCC(CNC(=O)O)CC2)O3)c(=O)[nH]1. The number of rotatable bonds is 6. The second kappa shape index (κ2) is 10.2. The second-order valence-electron chi connectivity index (χ2n) is 9.94. The molecule has 0 saturated heterocycles. The molecule has 0 radical (unpaired) electrons. The Balaban J connectivity index is 1.46. The number of fused-ring (bicyclic) bond motifs is 1. The minimum atomic E-state index is -0.997. The van der Waals surface area contributed by atoms with Gasteiger partial charge in [-0.15, -0.1) is 0 Å². The highest BCUT2D eigenvalue weighted by atomic mass is 79.9. The van der Waals surface area contributed by atoms with E-state index in [4.69, 9.17) is 14.6 Å². The van der Waals surface area contributed by atoms with E-state index in [9.17, 15) is 14.4 Å². The van der Waals surface area contributed by atoms with Gasteiger partial charge in [-0.25, -0.2) is 4.79 Å². The van der Waals surface area contributed by atoms with Crippen LogP contribution in [0.5, 0.6) is 11.5 Å². The van der Waals surface area contributed by atoms with E-state index < -0.39 is 11.9 Å². The van der Waals surface area contributed by atoms with Gasteiger partial charge in [0.2, 0.25) is 0 Å². The summed E-state index contributed by atoms with van der Waals surface area (Å²) in [4.78, 5) is 39.0. The summed E-state index contributed by atoms with van der Waals surface area (Å²) < 4.78 is 13.3. The molecule has 1 atom stereocenters. The van der Waals surface area contributed by atoms with Crippen molar-refractivity contribution >= 4 is 27.9 Å². The van der Waals surface area contributed by atoms with E-state index in [0.29, 0.717) is 45.1 Å². The maximum Gasteiger partial charge on any atom is 0.404 e. The number of halogens is 1. The van der Waals surface area contributed by atoms with Crippen LogP contribution in [-0.4, -0.2) is 34.4 Å². The number of ether oxygens (including phenoxy) is 2. The van der Waals surface area contributed by atoms with E-state index in [1.54, 1.807) is 6.07 Å². The Morgan fingerprint density at radius 1 is 1.11 bits per heavy atom. The van der Waals surface area contributed by atoms with Crippen LogP contribution >= 0.6 is 15.9 Å². The lowest BCUT2D eigenvalue weighted by Gasteiger charge is -2.37. The summed E-state index contributed by atoms with van der Waals surface area (Å²) in [7, 11) is 0. The van der Waals surface area contributed by atoms with E-state index in [1.807, 2.05) is 33.8 Å². The van der Waals surface area contributed by atoms with Crippen LogP contribution in [-0.2, 0) is 6.54 Å². The minimum absolute atomic E-state index is 0.115. The largest absolute Gasteiger partial charge is 0.465 e. The van der Waals surface area contributed by atoms with Crippen LogP contribution in [0.3, 0.4) is 0 Å². The molecule has 1 unspecified atom stereocenters. The molecule has 194 valence electrons. The van der Waals surface area contributed by atoms with E-state index >= 15 is 0 Å². The van der Waals surface area contributed by atoms with Crippen LogP contribution in [0.1, 0.15) is 65.3 Å². The Hall–Kier alpha value is -3.01. The summed E-state index contributed by atoms with van der Waals surface area (Å²) in [6.45, 7) is 7.99. The van der Waals surface area contributed by atoms with Crippen molar-refractivity contribution in [1.82, 2.24) is 15.6 Å². The quantitative estimate of drug-likeness (QED) is 0.409. The third kappa shape index (κ3) is 5.23. The number of aryl methyl sites for hydroxylation is 2. The maximum absolute atomic E-state index is 13.1. The van der Waals surface area contributed by atoms with Crippen molar-refractivity contribution in [2.24, 2.45) is 11.8 Å². The zero-order valence-electron chi connectivity index (χ0n) is 20.9. The molecule has 1 fully saturated rings. The third-order valence-electron chi connectivity index (χ3n) is 7.34. The number of hydrogen-bond donors (Lipinski definition) is 4. The number of benzene rings is 1. The summed E-state index contributed by atoms with van der Waals surface area (Å²) in [6.07, 6.45) is 2.47. The van der Waals surface area contributed by atoms with Crippen LogP contribution < -0.4 is 25.7 Å². The van der Waals surface area contributed by atoms with Gasteiger partial charge < -0.3 is 30.2 Å². The Morgan fingerprint density at radius 3 is 2.42 bits per heavy atom. The molecule has 1 aromatic heterocycles. The number of hydrogen-bond acceptors (Lipinski definition) is 5. The lowest BCUT2D eigenvalue weighted by Crippen LogP contribution is -2.45. The third-order valence-corrected chi connectivity index (χ3v) is 7.93. The highest BCUT2D eigenvalue weighted by Gasteiger charge is 2.47. The zero-order valence-corrected chi connectivity index (χ0v) is 22.5. The fourth-order valence-corrected chi connectivity index (χ4v) is 5.73. The van der Waals surface area contributed by atoms with E-state index in [2.05, 4.69) is 31.5 Å². The molecule has 1 aliphatic carbocycles. The van der Waals surface area contributed by atoms with Gasteiger partial charge >= 0.3 is 6.09 Å². The van der Waals surface area contributed by atoms with Crippen LogP contribution in [0.15, 0.2) is 21.4 Å². The molecule has 4 rings (SSSR count). The highest BCUT2D eigenvalue weighted by Crippen LogP contribution is 2.51. The standard InChI is InChI=1S/C26H32BrN3O6/c1-13-9-14(2)30-24(32)19(13)12-28-23(31)18-10-20(27)22-21(15(18)3)35-26(4,36-22)17-7-5-16(6-8-17)11-29-25(33)34/h9-10,16-17,29H,5-8,11-12H2,1-4H3,(H,28,31)(H,30,32)(H,33,34). The molecule has 2 aromatic rings. The Bertz CT molecular complexity index is 1250. The normalized spacial score (nSPS) is 22.8. The van der Waals surface area contributed by atoms with Gasteiger partial charge in [-0.1, -0.05) is 0 Å². The van der Waals surface area contributed by atoms with Gasteiger partial charge in [0.05, 0.1) is 4.47 Å². The number of aromatic amines is 1. The number of carbonyl (C=O) groups excluding carboxylic acids is 1. The summed E-state index contributed by atoms with van der Waals surface area (Å²) in [5.74, 6) is 0.369. The number of carbonyl (C=O) groups is 2. The van der Waals surface area contributed by atoms with Crippen molar-refractivity contribution in [3.05, 3.63) is 54.9 Å². The average Bonchev–Trinajstić information content (AvgIpc) is 3.19. The van der Waals surface area contributed by atoms with E-state index in [-0.39, 0.29) is 23.9 Å². The average molecular weight is 562 g/mol. The summed E-state index contributed by atoms with van der Waals surface area (Å²) in [5, 5.41) is 14.2. The van der Waals surface area contributed by atoms with Crippen molar-refractivity contribution in [3.63, 3.8) is 0 Å². The fourth-order valence-electron chi connectivity index (χ4n) is 5.24. The number of H-pyrrole nitrogens is 1. The van der Waals surface area contributed by atoms with Crippen molar-refractivity contribution < 1.29 is 24.2 Å². The van der Waals surface area contributed by atoms with E-state index in [1.165, 1.54) is 0 Å². The van der Waals surface area contributed by atoms with Gasteiger partial charge in [-0.2, -0.15) is 0 Å². The molecule has 1 saturated carbocycles. The number of aromatic nitrogens is 1. The topological polar surface area (TPSA) is 130 Å². The number of carboxylic acid groups (broad SMARTS) is 1. The summed E-state index contributed by atoms with van der Waals surface area (Å²) in [5.41, 5.74) is 3.02. The van der Waals surface area contributed by atoms with Crippen LogP contribution in [0.2, 0.25) is 0 Å². The molecule has 1 aliphatic heterocycles. The van der Waals surface area contributed by atoms with Gasteiger partial charge in [0, 0.05) is 48.3 Å². The van der Waals surface area contributed by atoms with Gasteiger partial charge in [0.15, 0.2) is 11.5 Å². The molecule has 4 N–H and O–H groups in total. The first kappa shape index (κ1) is 26.1. The Morgan fingerprint density at radius 2 is 1.78 bits per heavy atom. The smallest absolute Gasteiger partial charge is 0.404 e. The van der Waals surface area contributed by atoms with Crippen molar-refractivity contribution in [2.45, 2.75) is 65.7 Å². The molecule has 10 heteroatoms. The monoisotopic (exact) mass is 561 g/mol. The molecule has 2 aliphatic rings. The first-order chi connectivity index (χ1) is 17.0. The van der Waals surface area contributed by atoms with Gasteiger partial charge in [-0.3, -0.25) is 9.59 Å². The van der Waals surface area contributed by atoms with Crippen molar-refractivity contribution in [1.29, 1.82) is 0 Å². The predicted octanol–water partition coefficient (Wildman–Crippen LogP) is 4.55. The first-order valence-electron chi connectivity index (χ1n) is 12.1. The van der Waals surface area contributed by atoms with Crippen LogP contribution in [0, 0.1) is 32.6 Å². The molecular weight excluding hydrogens is 530 g/mol. The van der Waals surface area contributed by atoms with Gasteiger partial charge in [0.1, 0.15) is 0 Å². The zero-order chi connectivity index (χ0) is 26.2. The number of pyridine rings is 1. The summed E-state index contributed by atoms with van der Waals surface area (Å²) >= 11 is 3.54. The Kier molecular flexibility index (Phi) is 7.36. The molecule has 2 heterocycles. The first-order valence-corrected chi connectivity index (χ1v) is 12.9. The fraction of sp³-hybridized carbons (Fsp3) is 0.500. The molecule has 9 nitrogen and oxygen atoms in total. The molecule has 2 amide bonds. The lowest BCUT2D eigenvalue weighted by molar-refractivity contribution is -0.123. The highest BCUT2D eigenvalue weighted by molar-refractivity contribution is 9.10. The van der Waals surface area contributed by atoms with Gasteiger partial charge in [-0.05, 0) is 86.0 Å². The van der Waals surface area contributed by atoms with Crippen LogP contribution in [0.4, 0.5) is 4.79 Å². The Labute approximate surface area is 218 Å². The second-order valence-corrected chi connectivity index (χ2v) is 10.8. The molecule has 1 aromatic carbocycles. The predicted molar refractivity (Wildman–Crippen MR) is 138 cm³/mol. The van der Waals surface area contributed by atoms with Crippen molar-refractivity contribution in [2.75, 3.05) is 6.54 Å². The molecular formula is C26H32BrN3O6. The molecule has 0 spiro atoms. The lowest BCUT2D eigenvalue weighted by atomic mass is 9.78.